The Labute approximate surface area is 116 Å². The fourth-order valence-corrected chi connectivity index (χ4v) is 2.43. The van der Waals surface area contributed by atoms with Gasteiger partial charge in [0.2, 0.25) is 0 Å². The van der Waals surface area contributed by atoms with Crippen molar-refractivity contribution in [2.45, 2.75) is 13.3 Å². The summed E-state index contributed by atoms with van der Waals surface area (Å²) < 4.78 is 39.4. The van der Waals surface area contributed by atoms with E-state index in [-0.39, 0.29) is 5.69 Å². The van der Waals surface area contributed by atoms with Gasteiger partial charge in [0.05, 0.1) is 5.52 Å². The highest BCUT2D eigenvalue weighted by molar-refractivity contribution is 14.1. The molecule has 2 rings (SSSR count). The van der Waals surface area contributed by atoms with Crippen LogP contribution in [0.4, 0.5) is 18.9 Å². The third-order valence-electron chi connectivity index (χ3n) is 2.44. The molecule has 0 spiro atoms. The molecule has 1 N–H and O–H groups in total. The summed E-state index contributed by atoms with van der Waals surface area (Å²) in [6.45, 7) is 2.41. The Kier molecular flexibility index (Phi) is 3.94. The Morgan fingerprint density at radius 1 is 1.33 bits per heavy atom. The van der Waals surface area contributed by atoms with Crippen molar-refractivity contribution < 1.29 is 13.2 Å². The smallest absolute Gasteiger partial charge is 0.280 e. The van der Waals surface area contributed by atoms with Gasteiger partial charge >= 0.3 is 0 Å². The SMILES string of the molecule is CCNc1cc(C(F)F)nc2c(I)cc(F)cc12. The van der Waals surface area contributed by atoms with E-state index in [0.717, 1.165) is 0 Å². The molecule has 0 amide bonds. The van der Waals surface area contributed by atoms with Crippen LogP contribution in [-0.4, -0.2) is 11.5 Å². The van der Waals surface area contributed by atoms with Crippen LogP contribution in [0.2, 0.25) is 0 Å². The number of alkyl halides is 2. The maximum atomic E-state index is 13.4. The monoisotopic (exact) mass is 366 g/mol. The van der Waals surface area contributed by atoms with Crippen LogP contribution in [0.5, 0.6) is 0 Å². The number of pyridine rings is 1. The summed E-state index contributed by atoms with van der Waals surface area (Å²) in [5, 5.41) is 3.48. The minimum absolute atomic E-state index is 0.303. The van der Waals surface area contributed by atoms with Crippen LogP contribution in [0.1, 0.15) is 19.0 Å². The summed E-state index contributed by atoms with van der Waals surface area (Å²) in [4.78, 5) is 3.89. The average molecular weight is 366 g/mol. The molecule has 0 aliphatic heterocycles. The van der Waals surface area contributed by atoms with E-state index >= 15 is 0 Å². The van der Waals surface area contributed by atoms with Crippen LogP contribution in [-0.2, 0) is 0 Å². The van der Waals surface area contributed by atoms with Gasteiger partial charge in [0.1, 0.15) is 11.5 Å². The molecular weight excluding hydrogens is 356 g/mol. The van der Waals surface area contributed by atoms with Gasteiger partial charge in [-0.3, -0.25) is 0 Å². The van der Waals surface area contributed by atoms with Crippen molar-refractivity contribution in [3.63, 3.8) is 0 Å². The molecule has 2 nitrogen and oxygen atoms in total. The molecule has 0 aliphatic carbocycles. The quantitative estimate of drug-likeness (QED) is 0.818. The molecule has 1 aromatic heterocycles. The fourth-order valence-electron chi connectivity index (χ4n) is 1.72. The number of rotatable bonds is 3. The number of nitrogens with one attached hydrogen (secondary N) is 1. The van der Waals surface area contributed by atoms with E-state index in [1.165, 1.54) is 18.2 Å². The number of anilines is 1. The Balaban J connectivity index is 2.76. The standard InChI is InChI=1S/C12H10F3IN2/c1-2-17-9-5-10(12(14)15)18-11-7(9)3-6(13)4-8(11)16/h3-5,12H,2H2,1H3,(H,17,18). The van der Waals surface area contributed by atoms with E-state index in [1.54, 1.807) is 0 Å². The Bertz CT molecular complexity index is 587. The van der Waals surface area contributed by atoms with Gasteiger partial charge in [-0.25, -0.2) is 18.2 Å². The first kappa shape index (κ1) is 13.4. The highest BCUT2D eigenvalue weighted by Gasteiger charge is 2.15. The van der Waals surface area contributed by atoms with Gasteiger partial charge in [-0.2, -0.15) is 0 Å². The maximum Gasteiger partial charge on any atom is 0.280 e. The van der Waals surface area contributed by atoms with Gasteiger partial charge in [0.25, 0.3) is 6.43 Å². The molecule has 0 atom stereocenters. The van der Waals surface area contributed by atoms with Crippen LogP contribution in [0, 0.1) is 9.39 Å². The minimum Gasteiger partial charge on any atom is -0.385 e. The van der Waals surface area contributed by atoms with E-state index in [0.29, 0.717) is 26.7 Å². The first-order valence-corrected chi connectivity index (χ1v) is 6.42. The summed E-state index contributed by atoms with van der Waals surface area (Å²) in [6, 6.07) is 3.85. The molecule has 96 valence electrons. The summed E-state index contributed by atoms with van der Waals surface area (Å²) in [7, 11) is 0. The summed E-state index contributed by atoms with van der Waals surface area (Å²) >= 11 is 1.89. The minimum atomic E-state index is -2.65. The zero-order valence-electron chi connectivity index (χ0n) is 9.48. The Hall–Kier alpha value is -1.05. The number of hydrogen-bond donors (Lipinski definition) is 1. The van der Waals surface area contributed by atoms with E-state index < -0.39 is 12.2 Å². The molecule has 0 bridgehead atoms. The lowest BCUT2D eigenvalue weighted by atomic mass is 10.1. The molecule has 0 saturated carbocycles. The van der Waals surface area contributed by atoms with E-state index in [2.05, 4.69) is 10.3 Å². The first-order valence-electron chi connectivity index (χ1n) is 5.34. The third-order valence-corrected chi connectivity index (χ3v) is 3.26. The van der Waals surface area contributed by atoms with Crippen molar-refractivity contribution in [2.75, 3.05) is 11.9 Å². The van der Waals surface area contributed by atoms with Gasteiger partial charge in [0.15, 0.2) is 0 Å². The highest BCUT2D eigenvalue weighted by Crippen LogP contribution is 2.30. The zero-order valence-corrected chi connectivity index (χ0v) is 11.6. The molecule has 18 heavy (non-hydrogen) atoms. The summed E-state index contributed by atoms with van der Waals surface area (Å²) in [5.41, 5.74) is 0.573. The molecule has 1 heterocycles. The Morgan fingerprint density at radius 3 is 2.67 bits per heavy atom. The second kappa shape index (κ2) is 5.29. The predicted octanol–water partition coefficient (Wildman–Crippen LogP) is 4.35. The molecule has 0 saturated heterocycles. The largest absolute Gasteiger partial charge is 0.385 e. The highest BCUT2D eigenvalue weighted by atomic mass is 127. The van der Waals surface area contributed by atoms with Gasteiger partial charge < -0.3 is 5.32 Å². The lowest BCUT2D eigenvalue weighted by Crippen LogP contribution is -2.02. The van der Waals surface area contributed by atoms with Gasteiger partial charge in [-0.05, 0) is 47.7 Å². The van der Waals surface area contributed by atoms with Crippen molar-refractivity contribution in [1.29, 1.82) is 0 Å². The Morgan fingerprint density at radius 2 is 2.06 bits per heavy atom. The third kappa shape index (κ3) is 2.52. The average Bonchev–Trinajstić information content (AvgIpc) is 2.29. The van der Waals surface area contributed by atoms with Crippen molar-refractivity contribution in [1.82, 2.24) is 4.98 Å². The van der Waals surface area contributed by atoms with Crippen molar-refractivity contribution in [3.8, 4) is 0 Å². The summed E-state index contributed by atoms with van der Waals surface area (Å²) in [5.74, 6) is -0.405. The van der Waals surface area contributed by atoms with E-state index in [1.807, 2.05) is 29.5 Å². The fraction of sp³-hybridized carbons (Fsp3) is 0.250. The first-order chi connectivity index (χ1) is 8.52. The zero-order chi connectivity index (χ0) is 13.3. The second-order valence-electron chi connectivity index (χ2n) is 3.71. The topological polar surface area (TPSA) is 24.9 Å². The van der Waals surface area contributed by atoms with Crippen LogP contribution in [0.15, 0.2) is 18.2 Å². The molecular formula is C12H10F3IN2. The maximum absolute atomic E-state index is 13.4. The number of aromatic nitrogens is 1. The number of nitrogens with zero attached hydrogens (tertiary/aromatic N) is 1. The second-order valence-corrected chi connectivity index (χ2v) is 4.87. The lowest BCUT2D eigenvalue weighted by molar-refractivity contribution is 0.146. The van der Waals surface area contributed by atoms with Gasteiger partial charge in [-0.15, -0.1) is 0 Å². The number of halogens is 4. The molecule has 0 unspecified atom stereocenters. The predicted molar refractivity (Wildman–Crippen MR) is 73.5 cm³/mol. The van der Waals surface area contributed by atoms with Crippen LogP contribution in [0.3, 0.4) is 0 Å². The molecule has 0 radical (unpaired) electrons. The lowest BCUT2D eigenvalue weighted by Gasteiger charge is -2.11. The van der Waals surface area contributed by atoms with Crippen molar-refractivity contribution in [2.24, 2.45) is 0 Å². The number of hydrogen-bond acceptors (Lipinski definition) is 2. The van der Waals surface area contributed by atoms with Crippen molar-refractivity contribution in [3.05, 3.63) is 33.3 Å². The van der Waals surface area contributed by atoms with E-state index in [4.69, 9.17) is 0 Å². The molecule has 0 aliphatic rings. The number of benzene rings is 1. The van der Waals surface area contributed by atoms with E-state index in [9.17, 15) is 13.2 Å². The van der Waals surface area contributed by atoms with Gasteiger partial charge in [-0.1, -0.05) is 0 Å². The number of fused-ring (bicyclic) bond motifs is 1. The molecule has 2 aromatic rings. The van der Waals surface area contributed by atoms with Crippen LogP contribution >= 0.6 is 22.6 Å². The van der Waals surface area contributed by atoms with Gasteiger partial charge in [0, 0.05) is 21.2 Å². The summed E-state index contributed by atoms with van der Waals surface area (Å²) in [6.07, 6.45) is -2.65. The molecule has 1 aromatic carbocycles. The van der Waals surface area contributed by atoms with Crippen molar-refractivity contribution >= 4 is 39.2 Å². The molecule has 0 fully saturated rings. The molecule has 6 heteroatoms. The van der Waals surface area contributed by atoms with Crippen LogP contribution < -0.4 is 5.32 Å². The normalized spacial score (nSPS) is 11.2. The van der Waals surface area contributed by atoms with Crippen LogP contribution in [0.25, 0.3) is 10.9 Å².